The van der Waals surface area contributed by atoms with Crippen LogP contribution in [0.3, 0.4) is 0 Å². The van der Waals surface area contributed by atoms with Gasteiger partial charge in [0.25, 0.3) is 0 Å². The van der Waals surface area contributed by atoms with E-state index in [1.54, 1.807) is 12.1 Å². The van der Waals surface area contributed by atoms with Crippen molar-refractivity contribution in [1.82, 2.24) is 4.98 Å². The minimum absolute atomic E-state index is 0.169. The molecule has 0 saturated heterocycles. The Morgan fingerprint density at radius 3 is 2.75 bits per heavy atom. The third-order valence-electron chi connectivity index (χ3n) is 3.30. The van der Waals surface area contributed by atoms with Gasteiger partial charge in [-0.15, -0.1) is 0 Å². The molecule has 0 aliphatic rings. The largest absolute Gasteiger partial charge is 0.478 e. The summed E-state index contributed by atoms with van der Waals surface area (Å²) in [5, 5.41) is 9.14. The Bertz CT molecular complexity index is 789. The van der Waals surface area contributed by atoms with Gasteiger partial charge in [-0.1, -0.05) is 30.3 Å². The van der Waals surface area contributed by atoms with Crippen molar-refractivity contribution in [3.8, 4) is 0 Å². The van der Waals surface area contributed by atoms with E-state index in [2.05, 4.69) is 4.98 Å². The Hall–Kier alpha value is -2.62. The first kappa shape index (κ1) is 12.4. The number of nitrogens with zero attached hydrogens (tertiary/aromatic N) is 1. The lowest BCUT2D eigenvalue weighted by Gasteiger charge is -2.01. The highest BCUT2D eigenvalue weighted by Crippen LogP contribution is 2.22. The molecule has 0 amide bonds. The van der Waals surface area contributed by atoms with E-state index in [9.17, 15) is 4.79 Å². The van der Waals surface area contributed by atoms with Crippen LogP contribution in [-0.2, 0) is 6.42 Å². The molecule has 0 atom stereocenters. The lowest BCUT2D eigenvalue weighted by Crippen LogP contribution is -1.97. The molecule has 4 nitrogen and oxygen atoms in total. The molecular weight excluding hydrogens is 254 g/mol. The van der Waals surface area contributed by atoms with E-state index in [0.717, 1.165) is 11.1 Å². The van der Waals surface area contributed by atoms with Gasteiger partial charge in [0.1, 0.15) is 5.52 Å². The lowest BCUT2D eigenvalue weighted by atomic mass is 10.1. The third-order valence-corrected chi connectivity index (χ3v) is 3.30. The number of oxazole rings is 1. The molecule has 100 valence electrons. The van der Waals surface area contributed by atoms with Crippen LogP contribution >= 0.6 is 0 Å². The van der Waals surface area contributed by atoms with E-state index in [1.165, 1.54) is 6.07 Å². The van der Waals surface area contributed by atoms with Crippen molar-refractivity contribution in [3.63, 3.8) is 0 Å². The van der Waals surface area contributed by atoms with Crippen LogP contribution < -0.4 is 0 Å². The van der Waals surface area contributed by atoms with Gasteiger partial charge < -0.3 is 9.52 Å². The molecule has 4 heteroatoms. The van der Waals surface area contributed by atoms with E-state index >= 15 is 0 Å². The van der Waals surface area contributed by atoms with Crippen molar-refractivity contribution in [2.75, 3.05) is 0 Å². The van der Waals surface area contributed by atoms with Crippen LogP contribution in [0.15, 0.2) is 46.9 Å². The summed E-state index contributed by atoms with van der Waals surface area (Å²) in [4.78, 5) is 15.5. The number of aromatic nitrogens is 1. The fraction of sp³-hybridized carbons (Fsp3) is 0.125. The maximum atomic E-state index is 11.2. The highest BCUT2D eigenvalue weighted by Gasteiger charge is 2.14. The number of aryl methyl sites for hydroxylation is 1. The van der Waals surface area contributed by atoms with Gasteiger partial charge in [-0.3, -0.25) is 0 Å². The molecule has 0 fully saturated rings. The van der Waals surface area contributed by atoms with Crippen molar-refractivity contribution < 1.29 is 14.3 Å². The Morgan fingerprint density at radius 2 is 2.00 bits per heavy atom. The van der Waals surface area contributed by atoms with E-state index in [-0.39, 0.29) is 5.56 Å². The fourth-order valence-corrected chi connectivity index (χ4v) is 2.21. The summed E-state index contributed by atoms with van der Waals surface area (Å²) in [6.07, 6.45) is 0.556. The summed E-state index contributed by atoms with van der Waals surface area (Å²) in [6.45, 7) is 2.03. The van der Waals surface area contributed by atoms with Crippen molar-refractivity contribution in [2.45, 2.75) is 13.3 Å². The number of hydrogen-bond donors (Lipinski definition) is 1. The van der Waals surface area contributed by atoms with Gasteiger partial charge in [0.05, 0.1) is 5.56 Å². The molecule has 0 saturated carbocycles. The summed E-state index contributed by atoms with van der Waals surface area (Å²) in [7, 11) is 0. The summed E-state index contributed by atoms with van der Waals surface area (Å²) < 4.78 is 5.64. The molecule has 1 heterocycles. The second-order valence-corrected chi connectivity index (χ2v) is 4.67. The van der Waals surface area contributed by atoms with Crippen LogP contribution in [0, 0.1) is 6.92 Å². The zero-order valence-corrected chi connectivity index (χ0v) is 11.0. The van der Waals surface area contributed by atoms with Crippen LogP contribution in [0.5, 0.6) is 0 Å². The number of carbonyl (C=O) groups is 1. The first-order valence-corrected chi connectivity index (χ1v) is 6.31. The van der Waals surface area contributed by atoms with E-state index in [0.29, 0.717) is 23.4 Å². The van der Waals surface area contributed by atoms with Gasteiger partial charge in [0.15, 0.2) is 11.5 Å². The van der Waals surface area contributed by atoms with Crippen LogP contribution in [0.4, 0.5) is 0 Å². The maximum absolute atomic E-state index is 11.2. The molecule has 1 N–H and O–H groups in total. The maximum Gasteiger partial charge on any atom is 0.338 e. The van der Waals surface area contributed by atoms with Gasteiger partial charge in [-0.25, -0.2) is 9.78 Å². The van der Waals surface area contributed by atoms with Gasteiger partial charge in [0, 0.05) is 6.42 Å². The first-order chi connectivity index (χ1) is 9.65. The number of carboxylic acid groups (broad SMARTS) is 1. The smallest absolute Gasteiger partial charge is 0.338 e. The quantitative estimate of drug-likeness (QED) is 0.789. The fourth-order valence-electron chi connectivity index (χ4n) is 2.21. The molecule has 3 rings (SSSR count). The minimum Gasteiger partial charge on any atom is -0.478 e. The Morgan fingerprint density at radius 1 is 1.20 bits per heavy atom. The zero-order valence-electron chi connectivity index (χ0n) is 11.0. The molecule has 0 spiro atoms. The van der Waals surface area contributed by atoms with Crippen LogP contribution in [0.1, 0.15) is 27.4 Å². The molecule has 1 aromatic heterocycles. The van der Waals surface area contributed by atoms with Gasteiger partial charge in [-0.2, -0.15) is 0 Å². The SMILES string of the molecule is Cc1ccccc1Cc1nc2c(C(=O)O)cccc2o1. The predicted octanol–water partition coefficient (Wildman–Crippen LogP) is 3.43. The van der Waals surface area contributed by atoms with E-state index in [4.69, 9.17) is 9.52 Å². The number of fused-ring (bicyclic) bond motifs is 1. The third kappa shape index (κ3) is 2.16. The Labute approximate surface area is 115 Å². The molecule has 0 radical (unpaired) electrons. The highest BCUT2D eigenvalue weighted by atomic mass is 16.4. The zero-order chi connectivity index (χ0) is 14.1. The predicted molar refractivity (Wildman–Crippen MR) is 75.0 cm³/mol. The highest BCUT2D eigenvalue weighted by molar-refractivity contribution is 6.00. The minimum atomic E-state index is -0.994. The molecule has 0 bridgehead atoms. The molecule has 0 aliphatic heterocycles. The Kier molecular flexibility index (Phi) is 2.99. The van der Waals surface area contributed by atoms with E-state index < -0.39 is 5.97 Å². The molecular formula is C16H13NO3. The molecule has 2 aromatic carbocycles. The molecule has 3 aromatic rings. The molecule has 0 aliphatic carbocycles. The monoisotopic (exact) mass is 267 g/mol. The number of hydrogen-bond acceptors (Lipinski definition) is 3. The van der Waals surface area contributed by atoms with Gasteiger partial charge in [0.2, 0.25) is 0 Å². The number of aromatic carboxylic acids is 1. The number of carboxylic acids is 1. The van der Waals surface area contributed by atoms with Crippen molar-refractivity contribution in [1.29, 1.82) is 0 Å². The van der Waals surface area contributed by atoms with Crippen LogP contribution in [-0.4, -0.2) is 16.1 Å². The van der Waals surface area contributed by atoms with Crippen molar-refractivity contribution in [3.05, 3.63) is 65.0 Å². The van der Waals surface area contributed by atoms with Crippen LogP contribution in [0.25, 0.3) is 11.1 Å². The standard InChI is InChI=1S/C16H13NO3/c1-10-5-2-3-6-11(10)9-14-17-15-12(16(18)19)7-4-8-13(15)20-14/h2-8H,9H2,1H3,(H,18,19). The van der Waals surface area contributed by atoms with Crippen molar-refractivity contribution >= 4 is 17.1 Å². The number of benzene rings is 2. The van der Waals surface area contributed by atoms with E-state index in [1.807, 2.05) is 31.2 Å². The topological polar surface area (TPSA) is 63.3 Å². The molecule has 0 unspecified atom stereocenters. The number of para-hydroxylation sites is 1. The average molecular weight is 267 g/mol. The second kappa shape index (κ2) is 4.81. The lowest BCUT2D eigenvalue weighted by molar-refractivity contribution is 0.0699. The van der Waals surface area contributed by atoms with Gasteiger partial charge >= 0.3 is 5.97 Å². The van der Waals surface area contributed by atoms with Gasteiger partial charge in [-0.05, 0) is 30.2 Å². The summed E-state index contributed by atoms with van der Waals surface area (Å²) in [5.41, 5.74) is 3.36. The van der Waals surface area contributed by atoms with Crippen molar-refractivity contribution in [2.24, 2.45) is 0 Å². The average Bonchev–Trinajstić information content (AvgIpc) is 2.83. The number of rotatable bonds is 3. The molecule has 20 heavy (non-hydrogen) atoms. The summed E-state index contributed by atoms with van der Waals surface area (Å²) in [6, 6.07) is 12.9. The Balaban J connectivity index is 2.04. The van der Waals surface area contributed by atoms with Crippen LogP contribution in [0.2, 0.25) is 0 Å². The first-order valence-electron chi connectivity index (χ1n) is 6.31. The summed E-state index contributed by atoms with van der Waals surface area (Å²) in [5.74, 6) is -0.464. The summed E-state index contributed by atoms with van der Waals surface area (Å²) >= 11 is 0. The second-order valence-electron chi connectivity index (χ2n) is 4.67. The normalized spacial score (nSPS) is 10.8.